The van der Waals surface area contributed by atoms with E-state index in [2.05, 4.69) is 57.2 Å². The molecule has 0 spiro atoms. The van der Waals surface area contributed by atoms with Crippen molar-refractivity contribution in [3.05, 3.63) is 146 Å². The largest absolute Gasteiger partial charge is 0.462 e. The SMILES string of the molecule is CC\C=C/C=C\C=C/C=C\C=C/CCCCCC(=O)OC(COC(=O)CCCCC\C=C/C=C/C=C\C=C/C=C\C=C/CC)COC(=O)CCCCCCC/C=C\CCCCC. The van der Waals surface area contributed by atoms with Crippen LogP contribution in [0.3, 0.4) is 0 Å². The van der Waals surface area contributed by atoms with Crippen LogP contribution >= 0.6 is 0 Å². The van der Waals surface area contributed by atoms with E-state index in [9.17, 15) is 14.4 Å². The average molecular weight is 853 g/mol. The number of carbonyl (C=O) groups excluding carboxylic acids is 3. The van der Waals surface area contributed by atoms with E-state index in [4.69, 9.17) is 14.2 Å². The lowest BCUT2D eigenvalue weighted by Crippen LogP contribution is -2.30. The molecule has 6 heteroatoms. The van der Waals surface area contributed by atoms with Crippen LogP contribution in [0.1, 0.15) is 168 Å². The first-order chi connectivity index (χ1) is 30.5. The third-order valence-corrected chi connectivity index (χ3v) is 9.35. The third kappa shape index (κ3) is 46.4. The second-order valence-corrected chi connectivity index (χ2v) is 15.2. The Kier molecular flexibility index (Phi) is 45.2. The highest BCUT2D eigenvalue weighted by Crippen LogP contribution is 2.12. The van der Waals surface area contributed by atoms with Gasteiger partial charge in [-0.05, 0) is 83.5 Å². The van der Waals surface area contributed by atoms with Crippen LogP contribution in [-0.4, -0.2) is 37.2 Å². The molecule has 0 amide bonds. The first-order valence-corrected chi connectivity index (χ1v) is 24.0. The third-order valence-electron chi connectivity index (χ3n) is 9.35. The standard InChI is InChI=1S/C56H84O6/c1-4-7-10-13-16-19-22-25-27-28-30-31-34-37-40-43-46-49-55(58)61-52-53(51-60-54(57)48-45-42-39-36-33-24-21-18-15-12-9-6-3)62-56(59)50-47-44-41-38-35-32-29-26-23-20-17-14-11-8-5-2/h7-8,10-11,13-14,16-23,25-32,34-35,53H,4-6,9,12,15,24,33,36-52H2,1-3H3/b10-7-,11-8-,16-13-,17-14-,21-18-,22-19-,23-20-,27-25-,29-26-,30-28+,34-31-,35-32-. The summed E-state index contributed by atoms with van der Waals surface area (Å²) in [5.74, 6) is -1.03. The van der Waals surface area contributed by atoms with E-state index in [1.165, 1.54) is 32.1 Å². The van der Waals surface area contributed by atoms with Crippen molar-refractivity contribution in [2.75, 3.05) is 13.2 Å². The van der Waals surface area contributed by atoms with Crippen molar-refractivity contribution in [2.45, 2.75) is 175 Å². The van der Waals surface area contributed by atoms with E-state index in [0.29, 0.717) is 19.3 Å². The van der Waals surface area contributed by atoms with Gasteiger partial charge in [0.25, 0.3) is 0 Å². The number of allylic oxidation sites excluding steroid dienone is 24. The van der Waals surface area contributed by atoms with Crippen LogP contribution in [0.25, 0.3) is 0 Å². The topological polar surface area (TPSA) is 78.9 Å². The molecular formula is C56H84O6. The van der Waals surface area contributed by atoms with Crippen molar-refractivity contribution < 1.29 is 28.6 Å². The van der Waals surface area contributed by atoms with Crippen molar-refractivity contribution in [1.29, 1.82) is 0 Å². The predicted molar refractivity (Wildman–Crippen MR) is 265 cm³/mol. The van der Waals surface area contributed by atoms with Crippen LogP contribution in [0.4, 0.5) is 0 Å². The Morgan fingerprint density at radius 2 is 0.645 bits per heavy atom. The maximum absolute atomic E-state index is 12.8. The summed E-state index contributed by atoms with van der Waals surface area (Å²) in [5, 5.41) is 0. The highest BCUT2D eigenvalue weighted by molar-refractivity contribution is 5.71. The van der Waals surface area contributed by atoms with Crippen molar-refractivity contribution >= 4 is 17.9 Å². The second kappa shape index (κ2) is 49.0. The molecule has 0 heterocycles. The van der Waals surface area contributed by atoms with Crippen LogP contribution in [0, 0.1) is 0 Å². The molecule has 0 aromatic carbocycles. The fourth-order valence-corrected chi connectivity index (χ4v) is 5.78. The van der Waals surface area contributed by atoms with Gasteiger partial charge in [0.15, 0.2) is 6.10 Å². The van der Waals surface area contributed by atoms with Gasteiger partial charge in [-0.25, -0.2) is 0 Å². The average Bonchev–Trinajstić information content (AvgIpc) is 3.27. The molecule has 344 valence electrons. The number of carbonyl (C=O) groups is 3. The summed E-state index contributed by atoms with van der Waals surface area (Å²) >= 11 is 0. The van der Waals surface area contributed by atoms with E-state index in [-0.39, 0.29) is 44.0 Å². The summed E-state index contributed by atoms with van der Waals surface area (Å²) in [7, 11) is 0. The Labute approximate surface area is 378 Å². The van der Waals surface area contributed by atoms with Gasteiger partial charge in [0.2, 0.25) is 0 Å². The molecule has 0 aromatic rings. The number of hydrogen-bond acceptors (Lipinski definition) is 6. The normalized spacial score (nSPS) is 13.4. The molecule has 0 radical (unpaired) electrons. The molecule has 1 atom stereocenters. The Bertz CT molecular complexity index is 1440. The highest BCUT2D eigenvalue weighted by atomic mass is 16.6. The van der Waals surface area contributed by atoms with Crippen LogP contribution in [0.2, 0.25) is 0 Å². The molecule has 0 saturated carbocycles. The first kappa shape index (κ1) is 57.3. The second-order valence-electron chi connectivity index (χ2n) is 15.2. The maximum Gasteiger partial charge on any atom is 0.306 e. The maximum atomic E-state index is 12.8. The molecule has 0 bridgehead atoms. The molecule has 0 aliphatic heterocycles. The summed E-state index contributed by atoms with van der Waals surface area (Å²) < 4.78 is 16.7. The van der Waals surface area contributed by atoms with Crippen LogP contribution in [-0.2, 0) is 28.6 Å². The zero-order chi connectivity index (χ0) is 45.1. The number of hydrogen-bond donors (Lipinski definition) is 0. The van der Waals surface area contributed by atoms with Gasteiger partial charge in [-0.15, -0.1) is 0 Å². The molecule has 0 rings (SSSR count). The van der Waals surface area contributed by atoms with Gasteiger partial charge in [-0.2, -0.15) is 0 Å². The number of ether oxygens (including phenoxy) is 3. The summed E-state index contributed by atoms with van der Waals surface area (Å²) in [5.41, 5.74) is 0. The van der Waals surface area contributed by atoms with E-state index in [1.807, 2.05) is 109 Å². The van der Waals surface area contributed by atoms with E-state index >= 15 is 0 Å². The Hall–Kier alpha value is -4.71. The van der Waals surface area contributed by atoms with Gasteiger partial charge >= 0.3 is 17.9 Å². The van der Waals surface area contributed by atoms with Crippen LogP contribution in [0.5, 0.6) is 0 Å². The molecule has 6 nitrogen and oxygen atoms in total. The van der Waals surface area contributed by atoms with Gasteiger partial charge in [-0.1, -0.05) is 212 Å². The highest BCUT2D eigenvalue weighted by Gasteiger charge is 2.19. The van der Waals surface area contributed by atoms with Gasteiger partial charge in [-0.3, -0.25) is 14.4 Å². The quantitative estimate of drug-likeness (QED) is 0.0201. The number of esters is 3. The minimum atomic E-state index is -0.827. The van der Waals surface area contributed by atoms with Gasteiger partial charge < -0.3 is 14.2 Å². The molecule has 0 aromatic heterocycles. The van der Waals surface area contributed by atoms with Gasteiger partial charge in [0, 0.05) is 19.3 Å². The zero-order valence-corrected chi connectivity index (χ0v) is 39.1. The Morgan fingerprint density at radius 1 is 0.339 bits per heavy atom. The molecule has 0 N–H and O–H groups in total. The van der Waals surface area contributed by atoms with Crippen molar-refractivity contribution in [1.82, 2.24) is 0 Å². The smallest absolute Gasteiger partial charge is 0.306 e. The van der Waals surface area contributed by atoms with Gasteiger partial charge in [0.1, 0.15) is 13.2 Å². The molecule has 1 unspecified atom stereocenters. The molecule has 62 heavy (non-hydrogen) atoms. The van der Waals surface area contributed by atoms with E-state index in [0.717, 1.165) is 83.5 Å². The van der Waals surface area contributed by atoms with Crippen molar-refractivity contribution in [2.24, 2.45) is 0 Å². The summed E-state index contributed by atoms with van der Waals surface area (Å²) in [6.07, 6.45) is 69.6. The lowest BCUT2D eigenvalue weighted by molar-refractivity contribution is -0.167. The zero-order valence-electron chi connectivity index (χ0n) is 39.1. The molecule has 0 fully saturated rings. The van der Waals surface area contributed by atoms with Crippen molar-refractivity contribution in [3.63, 3.8) is 0 Å². The van der Waals surface area contributed by atoms with Crippen LogP contribution < -0.4 is 0 Å². The Morgan fingerprint density at radius 3 is 1.05 bits per heavy atom. The molecule has 0 aliphatic rings. The summed E-state index contributed by atoms with van der Waals surface area (Å²) in [4.78, 5) is 37.9. The summed E-state index contributed by atoms with van der Waals surface area (Å²) in [6.45, 7) is 6.20. The number of unbranched alkanes of at least 4 members (excludes halogenated alkanes) is 14. The first-order valence-electron chi connectivity index (χ1n) is 24.0. The summed E-state index contributed by atoms with van der Waals surface area (Å²) in [6, 6.07) is 0. The minimum Gasteiger partial charge on any atom is -0.462 e. The molecule has 0 saturated heterocycles. The minimum absolute atomic E-state index is 0.121. The monoisotopic (exact) mass is 853 g/mol. The fraction of sp³-hybridized carbons (Fsp3) is 0.518. The molecular weight excluding hydrogens is 769 g/mol. The predicted octanol–water partition coefficient (Wildman–Crippen LogP) is 15.7. The van der Waals surface area contributed by atoms with Gasteiger partial charge in [0.05, 0.1) is 0 Å². The van der Waals surface area contributed by atoms with Crippen LogP contribution in [0.15, 0.2) is 146 Å². The van der Waals surface area contributed by atoms with E-state index in [1.54, 1.807) is 0 Å². The lowest BCUT2D eigenvalue weighted by Gasteiger charge is -2.18. The molecule has 0 aliphatic carbocycles. The fourth-order valence-electron chi connectivity index (χ4n) is 5.78. The van der Waals surface area contributed by atoms with Crippen molar-refractivity contribution in [3.8, 4) is 0 Å². The lowest BCUT2D eigenvalue weighted by atomic mass is 10.1. The number of rotatable bonds is 40. The Balaban J connectivity index is 4.62. The van der Waals surface area contributed by atoms with E-state index < -0.39 is 6.10 Å².